The van der Waals surface area contributed by atoms with Gasteiger partial charge in [0.25, 0.3) is 11.8 Å². The molecule has 0 radical (unpaired) electrons. The van der Waals surface area contributed by atoms with Crippen LogP contribution < -0.4 is 19.7 Å². The van der Waals surface area contributed by atoms with Crippen LogP contribution in [-0.2, 0) is 5.67 Å². The molecular weight excluding hydrogens is 629 g/mol. The molecule has 3 aromatic carbocycles. The maximum atomic E-state index is 14.6. The van der Waals surface area contributed by atoms with Gasteiger partial charge in [-0.3, -0.25) is 9.59 Å². The summed E-state index contributed by atoms with van der Waals surface area (Å²) in [5.74, 6) is -5.56. The Hall–Kier alpha value is -5.14. The van der Waals surface area contributed by atoms with E-state index in [4.69, 9.17) is 10.00 Å². The number of anilines is 2. The van der Waals surface area contributed by atoms with Gasteiger partial charge in [-0.05, 0) is 55.5 Å². The predicted octanol–water partition coefficient (Wildman–Crippen LogP) is 7.08. The second-order valence-corrected chi connectivity index (χ2v) is 8.95. The van der Waals surface area contributed by atoms with Gasteiger partial charge in [-0.2, -0.15) is 40.4 Å². The van der Waals surface area contributed by atoms with Gasteiger partial charge in [0, 0.05) is 17.7 Å². The number of phenols is 1. The Balaban J connectivity index is 2.10. The number of ether oxygens (including phenoxy) is 2. The molecule has 0 aliphatic carbocycles. The summed E-state index contributed by atoms with van der Waals surface area (Å²) in [4.78, 5) is 27.6. The first kappa shape index (κ1) is 34.4. The number of nitrogens with zero attached hydrogens (tertiary/aromatic N) is 2. The van der Waals surface area contributed by atoms with Gasteiger partial charge >= 0.3 is 24.6 Å². The van der Waals surface area contributed by atoms with Crippen molar-refractivity contribution < 1.29 is 63.7 Å². The number of para-hydroxylation sites is 1. The Morgan fingerprint density at radius 3 is 2.09 bits per heavy atom. The van der Waals surface area contributed by atoms with Crippen molar-refractivity contribution in [3.05, 3.63) is 76.9 Å². The third-order valence-electron chi connectivity index (χ3n) is 6.27. The predicted molar refractivity (Wildman–Crippen MR) is 139 cm³/mol. The summed E-state index contributed by atoms with van der Waals surface area (Å²) in [7, 11) is 1.09. The number of nitriles is 1. The fourth-order valence-electron chi connectivity index (χ4n) is 4.18. The van der Waals surface area contributed by atoms with Crippen LogP contribution in [0, 0.1) is 11.3 Å². The number of rotatable bonds is 9. The Bertz CT molecular complexity index is 1600. The van der Waals surface area contributed by atoms with Crippen LogP contribution in [0.1, 0.15) is 38.8 Å². The Morgan fingerprint density at radius 2 is 1.60 bits per heavy atom. The number of amides is 2. The fourth-order valence-corrected chi connectivity index (χ4v) is 4.18. The molecule has 0 unspecified atom stereocenters. The van der Waals surface area contributed by atoms with Crippen LogP contribution >= 0.6 is 0 Å². The van der Waals surface area contributed by atoms with Crippen molar-refractivity contribution in [3.63, 3.8) is 0 Å². The van der Waals surface area contributed by atoms with Gasteiger partial charge in [0.05, 0.1) is 30.0 Å². The molecule has 0 aliphatic heterocycles. The molecule has 0 fully saturated rings. The van der Waals surface area contributed by atoms with Gasteiger partial charge in [-0.1, -0.05) is 6.07 Å². The smallest absolute Gasteiger partial charge is 0.435 e. The zero-order chi connectivity index (χ0) is 33.9. The van der Waals surface area contributed by atoms with Crippen molar-refractivity contribution in [2.75, 3.05) is 23.9 Å². The molecule has 2 amide bonds. The van der Waals surface area contributed by atoms with Crippen LogP contribution in [0.3, 0.4) is 0 Å². The van der Waals surface area contributed by atoms with Crippen LogP contribution in [-0.4, -0.2) is 49.5 Å². The average molecular weight is 649 g/mol. The average Bonchev–Trinajstić information content (AvgIpc) is 2.96. The number of nitrogens with one attached hydrogen (secondary N) is 1. The first-order valence-electron chi connectivity index (χ1n) is 12.4. The highest BCUT2D eigenvalue weighted by atomic mass is 19.4. The van der Waals surface area contributed by atoms with Gasteiger partial charge in [0.1, 0.15) is 11.4 Å². The molecule has 0 atom stereocenters. The number of carbonyl (C=O) groups excluding carboxylic acids is 2. The van der Waals surface area contributed by atoms with Crippen molar-refractivity contribution in [1.29, 1.82) is 5.26 Å². The molecule has 8 nitrogen and oxygen atoms in total. The van der Waals surface area contributed by atoms with Crippen LogP contribution in [0.25, 0.3) is 0 Å². The number of alkyl halides is 9. The lowest BCUT2D eigenvalue weighted by Gasteiger charge is -2.31. The maximum Gasteiger partial charge on any atom is 0.435 e. The Kier molecular flexibility index (Phi) is 9.80. The minimum Gasteiger partial charge on any atom is -0.506 e. The number of carbonyl (C=O) groups is 2. The summed E-state index contributed by atoms with van der Waals surface area (Å²) in [6.45, 7) is -2.35. The van der Waals surface area contributed by atoms with E-state index in [9.17, 15) is 54.2 Å². The molecule has 0 saturated heterocycles. The first-order chi connectivity index (χ1) is 20.9. The summed E-state index contributed by atoms with van der Waals surface area (Å²) in [5.41, 5.74) is -9.76. The van der Waals surface area contributed by atoms with Crippen molar-refractivity contribution in [2.24, 2.45) is 0 Å². The molecule has 0 saturated carbocycles. The van der Waals surface area contributed by atoms with E-state index < -0.39 is 64.8 Å². The third kappa shape index (κ3) is 6.69. The van der Waals surface area contributed by atoms with E-state index in [2.05, 4.69) is 4.74 Å². The van der Waals surface area contributed by atoms with E-state index in [1.165, 1.54) is 36.4 Å². The zero-order valence-corrected chi connectivity index (χ0v) is 22.9. The van der Waals surface area contributed by atoms with Crippen molar-refractivity contribution in [3.8, 4) is 23.3 Å². The standard InChI is InChI=1S/C28H20F9N3O5/c1-3-40(24(43)15-9-7-14(13-38)8-10-15)18-6-4-5-17(22(18)44-2)23(42)39-21-19(41)11-16(12-20(21)45-25(29)30)26(31,27(32,33)34)28(35,36)37/h4-12,25,41H,3H2,1-2H3,(H,39,42). The third-order valence-corrected chi connectivity index (χ3v) is 6.27. The normalized spacial score (nSPS) is 12.0. The number of halogens is 9. The van der Waals surface area contributed by atoms with Gasteiger partial charge in [-0.15, -0.1) is 0 Å². The number of methoxy groups -OCH3 is 1. The topological polar surface area (TPSA) is 112 Å². The van der Waals surface area contributed by atoms with Crippen LogP contribution in [0.15, 0.2) is 54.6 Å². The summed E-state index contributed by atoms with van der Waals surface area (Å²) in [6, 6.07) is 10.4. The number of phenolic OH excluding ortho intramolecular Hbond substituents is 1. The second kappa shape index (κ2) is 12.8. The van der Waals surface area contributed by atoms with E-state index in [0.717, 1.165) is 18.1 Å². The largest absolute Gasteiger partial charge is 0.506 e. The highest BCUT2D eigenvalue weighted by Crippen LogP contribution is 2.55. The monoisotopic (exact) mass is 649 g/mol. The summed E-state index contributed by atoms with van der Waals surface area (Å²) < 4.78 is 130. The van der Waals surface area contributed by atoms with Crippen LogP contribution in [0.4, 0.5) is 50.9 Å². The van der Waals surface area contributed by atoms with E-state index in [1.54, 1.807) is 6.92 Å². The molecule has 240 valence electrons. The van der Waals surface area contributed by atoms with Crippen molar-refractivity contribution in [2.45, 2.75) is 31.6 Å². The molecule has 0 bridgehead atoms. The number of benzene rings is 3. The molecule has 3 rings (SSSR count). The first-order valence-corrected chi connectivity index (χ1v) is 12.4. The molecule has 0 heterocycles. The lowest BCUT2D eigenvalue weighted by atomic mass is 9.93. The lowest BCUT2D eigenvalue weighted by Crippen LogP contribution is -2.50. The highest BCUT2D eigenvalue weighted by Gasteiger charge is 2.73. The number of hydrogen-bond acceptors (Lipinski definition) is 6. The van der Waals surface area contributed by atoms with Gasteiger partial charge in [-0.25, -0.2) is 4.39 Å². The minimum absolute atomic E-state index is 0.00170. The minimum atomic E-state index is -6.65. The number of aromatic hydroxyl groups is 1. The van der Waals surface area contributed by atoms with Gasteiger partial charge in [0.2, 0.25) is 0 Å². The Labute approximate surface area is 248 Å². The summed E-state index contributed by atoms with van der Waals surface area (Å²) >= 11 is 0. The van der Waals surface area contributed by atoms with E-state index in [1.807, 2.05) is 11.4 Å². The van der Waals surface area contributed by atoms with Crippen molar-refractivity contribution in [1.82, 2.24) is 0 Å². The summed E-state index contributed by atoms with van der Waals surface area (Å²) in [6.07, 6.45) is -13.3. The zero-order valence-electron chi connectivity index (χ0n) is 22.9. The van der Waals surface area contributed by atoms with E-state index in [-0.39, 0.29) is 41.2 Å². The lowest BCUT2D eigenvalue weighted by molar-refractivity contribution is -0.348. The molecular formula is C28H20F9N3O5. The summed E-state index contributed by atoms with van der Waals surface area (Å²) in [5, 5.41) is 21.1. The van der Waals surface area contributed by atoms with Crippen LogP contribution in [0.2, 0.25) is 0 Å². The molecule has 45 heavy (non-hydrogen) atoms. The highest BCUT2D eigenvalue weighted by molar-refractivity contribution is 6.11. The molecule has 0 aromatic heterocycles. The molecule has 17 heteroatoms. The molecule has 0 spiro atoms. The number of hydrogen-bond donors (Lipinski definition) is 2. The molecule has 2 N–H and O–H groups in total. The fraction of sp³-hybridized carbons (Fsp3) is 0.250. The molecule has 0 aliphatic rings. The van der Waals surface area contributed by atoms with E-state index in [0.29, 0.717) is 0 Å². The van der Waals surface area contributed by atoms with Crippen molar-refractivity contribution >= 4 is 23.2 Å². The maximum absolute atomic E-state index is 14.6. The SMILES string of the molecule is CCN(C(=O)c1ccc(C#N)cc1)c1cccc(C(=O)Nc2c(O)cc(C(F)(C(F)(F)F)C(F)(F)F)cc2OC(F)F)c1OC. The quantitative estimate of drug-likeness (QED) is 0.189. The molecule has 3 aromatic rings. The van der Waals surface area contributed by atoms with Gasteiger partial charge in [0.15, 0.2) is 11.5 Å². The van der Waals surface area contributed by atoms with Gasteiger partial charge < -0.3 is 24.8 Å². The van der Waals surface area contributed by atoms with E-state index >= 15 is 0 Å². The second-order valence-electron chi connectivity index (χ2n) is 8.95. The Morgan fingerprint density at radius 1 is 1.00 bits per heavy atom. The van der Waals surface area contributed by atoms with Crippen LogP contribution in [0.5, 0.6) is 17.2 Å².